The Morgan fingerprint density at radius 1 is 1.33 bits per heavy atom. The number of aryl methyl sites for hydroxylation is 2. The molecule has 1 unspecified atom stereocenters. The summed E-state index contributed by atoms with van der Waals surface area (Å²) >= 11 is 5.95. The topological polar surface area (TPSA) is 51.5 Å². The Morgan fingerprint density at radius 3 is 2.62 bits per heavy atom. The maximum Gasteiger partial charge on any atom is 0.340 e. The average Bonchev–Trinajstić information content (AvgIpc) is 2.78. The zero-order valence-electron chi connectivity index (χ0n) is 12.5. The minimum atomic E-state index is -0.424. The molecule has 0 aliphatic carbocycles. The summed E-state index contributed by atoms with van der Waals surface area (Å²) in [6.45, 7) is 5.84. The molecule has 1 N–H and O–H groups in total. The minimum absolute atomic E-state index is 0.00738. The molecule has 2 rings (SSSR count). The predicted molar refractivity (Wildman–Crippen MR) is 83.0 cm³/mol. The number of hydrogen-bond acceptors (Lipinski definition) is 4. The summed E-state index contributed by atoms with van der Waals surface area (Å²) in [5.74, 6) is 1.30. The zero-order chi connectivity index (χ0) is 15.6. The molecule has 112 valence electrons. The van der Waals surface area contributed by atoms with Crippen molar-refractivity contribution in [3.8, 4) is 0 Å². The molecule has 0 aliphatic rings. The molecule has 1 heterocycles. The van der Waals surface area contributed by atoms with E-state index < -0.39 is 5.97 Å². The maximum absolute atomic E-state index is 11.8. The third-order valence-electron chi connectivity index (χ3n) is 3.30. The van der Waals surface area contributed by atoms with Crippen molar-refractivity contribution in [1.82, 2.24) is 0 Å². The van der Waals surface area contributed by atoms with Gasteiger partial charge in [0.15, 0.2) is 0 Å². The van der Waals surface area contributed by atoms with Crippen molar-refractivity contribution in [2.75, 3.05) is 12.4 Å². The molecule has 0 amide bonds. The summed E-state index contributed by atoms with van der Waals surface area (Å²) in [4.78, 5) is 11.8. The molecule has 1 aromatic carbocycles. The molecule has 0 spiro atoms. The Kier molecular flexibility index (Phi) is 4.58. The van der Waals surface area contributed by atoms with E-state index in [0.29, 0.717) is 16.3 Å². The standard InChI is InChI=1S/C16H18ClNO3/c1-9-7-13(11(3)21-9)10(2)18-15-6-5-12(17)8-14(15)16(19)20-4/h5-8,10,18H,1-4H3. The molecular weight excluding hydrogens is 290 g/mol. The van der Waals surface area contributed by atoms with E-state index in [0.717, 1.165) is 17.1 Å². The van der Waals surface area contributed by atoms with Crippen molar-refractivity contribution in [3.63, 3.8) is 0 Å². The number of nitrogens with one attached hydrogen (secondary N) is 1. The Hall–Kier alpha value is -1.94. The highest BCUT2D eigenvalue weighted by atomic mass is 35.5. The SMILES string of the molecule is COC(=O)c1cc(Cl)ccc1NC(C)c1cc(C)oc1C. The van der Waals surface area contributed by atoms with E-state index in [2.05, 4.69) is 5.32 Å². The van der Waals surface area contributed by atoms with Crippen LogP contribution in [0.25, 0.3) is 0 Å². The zero-order valence-corrected chi connectivity index (χ0v) is 13.2. The van der Waals surface area contributed by atoms with E-state index in [9.17, 15) is 4.79 Å². The van der Waals surface area contributed by atoms with Gasteiger partial charge in [0.25, 0.3) is 0 Å². The minimum Gasteiger partial charge on any atom is -0.466 e. The summed E-state index contributed by atoms with van der Waals surface area (Å²) in [5.41, 5.74) is 2.14. The number of ether oxygens (including phenoxy) is 1. The summed E-state index contributed by atoms with van der Waals surface area (Å²) < 4.78 is 10.3. The number of anilines is 1. The van der Waals surface area contributed by atoms with Crippen LogP contribution >= 0.6 is 11.6 Å². The van der Waals surface area contributed by atoms with Gasteiger partial charge in [-0.2, -0.15) is 0 Å². The van der Waals surface area contributed by atoms with Crippen LogP contribution in [-0.2, 0) is 4.74 Å². The fraction of sp³-hybridized carbons (Fsp3) is 0.312. The Bertz CT molecular complexity index is 664. The van der Waals surface area contributed by atoms with Gasteiger partial charge in [-0.05, 0) is 45.0 Å². The predicted octanol–water partition coefficient (Wildman–Crippen LogP) is 4.51. The summed E-state index contributed by atoms with van der Waals surface area (Å²) in [7, 11) is 1.35. The number of carbonyl (C=O) groups excluding carboxylic acids is 1. The van der Waals surface area contributed by atoms with Crippen molar-refractivity contribution in [1.29, 1.82) is 0 Å². The second-order valence-electron chi connectivity index (χ2n) is 4.92. The van der Waals surface area contributed by atoms with Crippen LogP contribution in [0.3, 0.4) is 0 Å². The Balaban J connectivity index is 2.31. The van der Waals surface area contributed by atoms with Crippen molar-refractivity contribution < 1.29 is 13.9 Å². The van der Waals surface area contributed by atoms with Crippen LogP contribution in [0.1, 0.15) is 40.4 Å². The number of esters is 1. The van der Waals surface area contributed by atoms with Crippen molar-refractivity contribution in [3.05, 3.63) is 51.9 Å². The van der Waals surface area contributed by atoms with Gasteiger partial charge in [-0.25, -0.2) is 4.79 Å². The first kappa shape index (κ1) is 15.4. The summed E-state index contributed by atoms with van der Waals surface area (Å²) in [6.07, 6.45) is 0. The van der Waals surface area contributed by atoms with Gasteiger partial charge in [0, 0.05) is 16.3 Å². The second kappa shape index (κ2) is 6.22. The van der Waals surface area contributed by atoms with Crippen LogP contribution in [0.15, 0.2) is 28.7 Å². The smallest absolute Gasteiger partial charge is 0.340 e. The third kappa shape index (κ3) is 3.39. The molecule has 0 saturated heterocycles. The number of methoxy groups -OCH3 is 1. The van der Waals surface area contributed by atoms with E-state index in [1.54, 1.807) is 18.2 Å². The van der Waals surface area contributed by atoms with Gasteiger partial charge in [-0.3, -0.25) is 0 Å². The van der Waals surface area contributed by atoms with E-state index >= 15 is 0 Å². The molecule has 21 heavy (non-hydrogen) atoms. The first-order valence-electron chi connectivity index (χ1n) is 6.63. The number of benzene rings is 1. The second-order valence-corrected chi connectivity index (χ2v) is 5.35. The van der Waals surface area contributed by atoms with Gasteiger partial charge in [-0.1, -0.05) is 11.6 Å². The molecule has 0 fully saturated rings. The molecule has 0 saturated carbocycles. The maximum atomic E-state index is 11.8. The fourth-order valence-corrected chi connectivity index (χ4v) is 2.48. The summed E-state index contributed by atoms with van der Waals surface area (Å²) in [5, 5.41) is 3.79. The summed E-state index contributed by atoms with van der Waals surface area (Å²) in [6, 6.07) is 7.08. The molecule has 5 heteroatoms. The van der Waals surface area contributed by atoms with Crippen molar-refractivity contribution >= 4 is 23.3 Å². The van der Waals surface area contributed by atoms with Crippen molar-refractivity contribution in [2.24, 2.45) is 0 Å². The van der Waals surface area contributed by atoms with Crippen LogP contribution < -0.4 is 5.32 Å². The molecule has 0 radical (unpaired) electrons. The highest BCUT2D eigenvalue weighted by molar-refractivity contribution is 6.31. The molecule has 1 aromatic heterocycles. The van der Waals surface area contributed by atoms with Gasteiger partial charge < -0.3 is 14.5 Å². The lowest BCUT2D eigenvalue weighted by Crippen LogP contribution is -2.12. The lowest BCUT2D eigenvalue weighted by molar-refractivity contribution is 0.0602. The highest BCUT2D eigenvalue weighted by Gasteiger charge is 2.17. The first-order valence-corrected chi connectivity index (χ1v) is 7.01. The van der Waals surface area contributed by atoms with Gasteiger partial charge in [0.05, 0.1) is 18.7 Å². The number of carbonyl (C=O) groups is 1. The van der Waals surface area contributed by atoms with Gasteiger partial charge in [0.1, 0.15) is 11.5 Å². The molecule has 1 atom stereocenters. The third-order valence-corrected chi connectivity index (χ3v) is 3.54. The highest BCUT2D eigenvalue weighted by Crippen LogP contribution is 2.28. The van der Waals surface area contributed by atoms with E-state index in [4.69, 9.17) is 20.8 Å². The van der Waals surface area contributed by atoms with E-state index in [1.807, 2.05) is 26.8 Å². The molecule has 0 aliphatic heterocycles. The van der Waals surface area contributed by atoms with Gasteiger partial charge in [0.2, 0.25) is 0 Å². The Labute approximate surface area is 129 Å². The Morgan fingerprint density at radius 2 is 2.05 bits per heavy atom. The van der Waals surface area contributed by atoms with E-state index in [1.165, 1.54) is 7.11 Å². The van der Waals surface area contributed by atoms with E-state index in [-0.39, 0.29) is 6.04 Å². The fourth-order valence-electron chi connectivity index (χ4n) is 2.31. The van der Waals surface area contributed by atoms with Crippen LogP contribution in [0, 0.1) is 13.8 Å². The van der Waals surface area contributed by atoms with Crippen LogP contribution in [-0.4, -0.2) is 13.1 Å². The van der Waals surface area contributed by atoms with Crippen molar-refractivity contribution in [2.45, 2.75) is 26.8 Å². The average molecular weight is 308 g/mol. The molecule has 2 aromatic rings. The monoisotopic (exact) mass is 307 g/mol. The lowest BCUT2D eigenvalue weighted by Gasteiger charge is -2.17. The number of rotatable bonds is 4. The molecule has 0 bridgehead atoms. The normalized spacial score (nSPS) is 12.0. The number of hydrogen-bond donors (Lipinski definition) is 1. The van der Waals surface area contributed by atoms with Crippen LogP contribution in [0.5, 0.6) is 0 Å². The lowest BCUT2D eigenvalue weighted by atomic mass is 10.1. The first-order chi connectivity index (χ1) is 9.92. The molecule has 4 nitrogen and oxygen atoms in total. The van der Waals surface area contributed by atoms with Gasteiger partial charge in [-0.15, -0.1) is 0 Å². The quantitative estimate of drug-likeness (QED) is 0.844. The molecular formula is C16H18ClNO3. The van der Waals surface area contributed by atoms with Gasteiger partial charge >= 0.3 is 5.97 Å². The largest absolute Gasteiger partial charge is 0.466 e. The van der Waals surface area contributed by atoms with Crippen LogP contribution in [0.2, 0.25) is 5.02 Å². The van der Waals surface area contributed by atoms with Crippen LogP contribution in [0.4, 0.5) is 5.69 Å². The number of halogens is 1. The number of furan rings is 1.